The number of esters is 1. The summed E-state index contributed by atoms with van der Waals surface area (Å²) in [5, 5.41) is 0.886. The van der Waals surface area contributed by atoms with E-state index in [1.807, 2.05) is 30.3 Å². The number of rotatable bonds is 4. The zero-order valence-corrected chi connectivity index (χ0v) is 11.6. The highest BCUT2D eigenvalue weighted by Gasteiger charge is 2.07. The monoisotopic (exact) mass is 294 g/mol. The average Bonchev–Trinajstić information content (AvgIpc) is 2.36. The maximum Gasteiger partial charge on any atom is 0.311 e. The molecule has 4 heteroatoms. The first kappa shape index (κ1) is 13.9. The Bertz CT molecular complexity index is 547. The second-order valence-electron chi connectivity index (χ2n) is 4.06. The van der Waals surface area contributed by atoms with Gasteiger partial charge in [0.2, 0.25) is 0 Å². The van der Waals surface area contributed by atoms with Gasteiger partial charge in [-0.2, -0.15) is 0 Å². The van der Waals surface area contributed by atoms with Gasteiger partial charge in [-0.05, 0) is 30.2 Å². The van der Waals surface area contributed by atoms with E-state index in [0.717, 1.165) is 5.56 Å². The van der Waals surface area contributed by atoms with Gasteiger partial charge in [0, 0.05) is 16.5 Å². The topological polar surface area (TPSA) is 26.3 Å². The van der Waals surface area contributed by atoms with E-state index in [-0.39, 0.29) is 5.97 Å². The molecule has 2 aromatic carbocycles. The van der Waals surface area contributed by atoms with Crippen LogP contribution in [-0.4, -0.2) is 5.97 Å². The highest BCUT2D eigenvalue weighted by molar-refractivity contribution is 6.34. The minimum absolute atomic E-state index is 0.304. The molecule has 19 heavy (non-hydrogen) atoms. The lowest BCUT2D eigenvalue weighted by atomic mass is 10.1. The molecule has 98 valence electrons. The van der Waals surface area contributed by atoms with Crippen molar-refractivity contribution in [1.82, 2.24) is 0 Å². The van der Waals surface area contributed by atoms with Crippen LogP contribution in [0.15, 0.2) is 48.5 Å². The van der Waals surface area contributed by atoms with Gasteiger partial charge in [0.1, 0.15) is 5.75 Å². The molecule has 2 rings (SSSR count). The number of hydrogen-bond donors (Lipinski definition) is 0. The van der Waals surface area contributed by atoms with Crippen molar-refractivity contribution >= 4 is 29.2 Å². The van der Waals surface area contributed by atoms with Crippen molar-refractivity contribution in [3.63, 3.8) is 0 Å². The summed E-state index contributed by atoms with van der Waals surface area (Å²) in [4.78, 5) is 11.7. The first-order chi connectivity index (χ1) is 9.13. The number of carbonyl (C=O) groups is 1. The van der Waals surface area contributed by atoms with Crippen LogP contribution in [-0.2, 0) is 11.2 Å². The third kappa shape index (κ3) is 4.58. The molecule has 0 amide bonds. The Morgan fingerprint density at radius 1 is 1.00 bits per heavy atom. The molecule has 0 aliphatic rings. The Kier molecular flexibility index (Phi) is 4.83. The van der Waals surface area contributed by atoms with E-state index in [4.69, 9.17) is 27.9 Å². The van der Waals surface area contributed by atoms with Gasteiger partial charge < -0.3 is 4.74 Å². The van der Waals surface area contributed by atoms with Gasteiger partial charge in [-0.15, -0.1) is 0 Å². The Balaban J connectivity index is 1.91. The SMILES string of the molecule is O=C(CCc1ccccc1)Oc1cc(Cl)cc(Cl)c1. The Morgan fingerprint density at radius 2 is 1.63 bits per heavy atom. The zero-order chi connectivity index (χ0) is 13.7. The van der Waals surface area contributed by atoms with Crippen LogP contribution in [0.2, 0.25) is 10.0 Å². The molecule has 0 radical (unpaired) electrons. The van der Waals surface area contributed by atoms with Gasteiger partial charge >= 0.3 is 5.97 Å². The average molecular weight is 295 g/mol. The van der Waals surface area contributed by atoms with Gasteiger partial charge in [-0.1, -0.05) is 53.5 Å². The first-order valence-corrected chi connectivity index (χ1v) is 6.60. The zero-order valence-electron chi connectivity index (χ0n) is 10.1. The minimum Gasteiger partial charge on any atom is -0.426 e. The number of ether oxygens (including phenoxy) is 1. The number of aryl methyl sites for hydroxylation is 1. The number of benzene rings is 2. The molecule has 0 spiro atoms. The molecule has 0 atom stereocenters. The van der Waals surface area contributed by atoms with Crippen LogP contribution >= 0.6 is 23.2 Å². The van der Waals surface area contributed by atoms with Crippen molar-refractivity contribution in [3.05, 3.63) is 64.1 Å². The van der Waals surface area contributed by atoms with Crippen molar-refractivity contribution < 1.29 is 9.53 Å². The van der Waals surface area contributed by atoms with E-state index in [2.05, 4.69) is 0 Å². The summed E-state index contributed by atoms with van der Waals surface area (Å²) in [6, 6.07) is 14.5. The quantitative estimate of drug-likeness (QED) is 0.612. The summed E-state index contributed by atoms with van der Waals surface area (Å²) in [7, 11) is 0. The molecule has 2 aromatic rings. The summed E-state index contributed by atoms with van der Waals surface area (Å²) in [6.07, 6.45) is 0.960. The van der Waals surface area contributed by atoms with E-state index >= 15 is 0 Å². The number of halogens is 2. The van der Waals surface area contributed by atoms with Crippen LogP contribution in [0.4, 0.5) is 0 Å². The van der Waals surface area contributed by atoms with Crippen LogP contribution < -0.4 is 4.74 Å². The van der Waals surface area contributed by atoms with Crippen LogP contribution in [0.25, 0.3) is 0 Å². The summed E-state index contributed by atoms with van der Waals surface area (Å²) in [5.41, 5.74) is 1.10. The molecular weight excluding hydrogens is 283 g/mol. The van der Waals surface area contributed by atoms with Gasteiger partial charge in [0.15, 0.2) is 0 Å². The summed E-state index contributed by atoms with van der Waals surface area (Å²) < 4.78 is 5.19. The highest BCUT2D eigenvalue weighted by atomic mass is 35.5. The van der Waals surface area contributed by atoms with Gasteiger partial charge in [-0.3, -0.25) is 4.79 Å². The maximum absolute atomic E-state index is 11.7. The first-order valence-electron chi connectivity index (χ1n) is 5.84. The molecule has 0 bridgehead atoms. The minimum atomic E-state index is -0.304. The van der Waals surface area contributed by atoms with Crippen LogP contribution in [0.5, 0.6) is 5.75 Å². The van der Waals surface area contributed by atoms with E-state index in [1.165, 1.54) is 0 Å². The molecule has 0 N–H and O–H groups in total. The summed E-state index contributed by atoms with van der Waals surface area (Å²) in [5.74, 6) is 0.0674. The fourth-order valence-corrected chi connectivity index (χ4v) is 2.17. The molecule has 0 saturated carbocycles. The Morgan fingerprint density at radius 3 is 2.26 bits per heavy atom. The van der Waals surface area contributed by atoms with Crippen molar-refractivity contribution in [2.75, 3.05) is 0 Å². The Hall–Kier alpha value is -1.51. The van der Waals surface area contributed by atoms with Crippen LogP contribution in [0.1, 0.15) is 12.0 Å². The third-order valence-corrected chi connectivity index (χ3v) is 2.96. The van der Waals surface area contributed by atoms with Crippen molar-refractivity contribution in [2.24, 2.45) is 0 Å². The second kappa shape index (κ2) is 6.60. The fourth-order valence-electron chi connectivity index (χ4n) is 1.66. The maximum atomic E-state index is 11.7. The molecule has 0 saturated heterocycles. The summed E-state index contributed by atoms with van der Waals surface area (Å²) in [6.45, 7) is 0. The van der Waals surface area contributed by atoms with Crippen molar-refractivity contribution in [2.45, 2.75) is 12.8 Å². The fraction of sp³-hybridized carbons (Fsp3) is 0.133. The molecule has 0 fully saturated rings. The highest BCUT2D eigenvalue weighted by Crippen LogP contribution is 2.24. The third-order valence-electron chi connectivity index (χ3n) is 2.53. The van der Waals surface area contributed by atoms with Crippen molar-refractivity contribution in [1.29, 1.82) is 0 Å². The molecule has 0 aliphatic heterocycles. The molecule has 0 aliphatic carbocycles. The lowest BCUT2D eigenvalue weighted by Gasteiger charge is -2.05. The van der Waals surface area contributed by atoms with Gasteiger partial charge in [-0.25, -0.2) is 0 Å². The lowest BCUT2D eigenvalue weighted by Crippen LogP contribution is -2.09. The number of hydrogen-bond acceptors (Lipinski definition) is 2. The van der Waals surface area contributed by atoms with Crippen LogP contribution in [0, 0.1) is 0 Å². The van der Waals surface area contributed by atoms with E-state index in [0.29, 0.717) is 28.6 Å². The largest absolute Gasteiger partial charge is 0.426 e. The molecule has 0 aromatic heterocycles. The van der Waals surface area contributed by atoms with Crippen molar-refractivity contribution in [3.8, 4) is 5.75 Å². The van der Waals surface area contributed by atoms with E-state index in [9.17, 15) is 4.79 Å². The second-order valence-corrected chi connectivity index (χ2v) is 4.94. The van der Waals surface area contributed by atoms with Gasteiger partial charge in [0.05, 0.1) is 0 Å². The smallest absolute Gasteiger partial charge is 0.311 e. The van der Waals surface area contributed by atoms with Crippen LogP contribution in [0.3, 0.4) is 0 Å². The molecule has 0 heterocycles. The van der Waals surface area contributed by atoms with E-state index in [1.54, 1.807) is 18.2 Å². The summed E-state index contributed by atoms with van der Waals surface area (Å²) >= 11 is 11.7. The van der Waals surface area contributed by atoms with Gasteiger partial charge in [0.25, 0.3) is 0 Å². The molecule has 2 nitrogen and oxygen atoms in total. The number of carbonyl (C=O) groups excluding carboxylic acids is 1. The normalized spacial score (nSPS) is 10.2. The predicted octanol–water partition coefficient (Wildman–Crippen LogP) is 4.53. The van der Waals surface area contributed by atoms with E-state index < -0.39 is 0 Å². The Labute approximate surface area is 121 Å². The molecular formula is C15H12Cl2O2. The standard InChI is InChI=1S/C15H12Cl2O2/c16-12-8-13(17)10-14(9-12)19-15(18)7-6-11-4-2-1-3-5-11/h1-5,8-10H,6-7H2. The molecule has 0 unspecified atom stereocenters. The predicted molar refractivity (Wildman–Crippen MR) is 76.9 cm³/mol. The lowest BCUT2D eigenvalue weighted by molar-refractivity contribution is -0.134.